The number of urea groups is 1. The van der Waals surface area contributed by atoms with Crippen LogP contribution in [0.5, 0.6) is 0 Å². The van der Waals surface area contributed by atoms with Gasteiger partial charge in [0.2, 0.25) is 0 Å². The van der Waals surface area contributed by atoms with E-state index in [1.54, 1.807) is 4.90 Å². The van der Waals surface area contributed by atoms with Crippen molar-refractivity contribution >= 4 is 12.0 Å². The molecule has 0 aliphatic carbocycles. The molecule has 0 bridgehead atoms. The summed E-state index contributed by atoms with van der Waals surface area (Å²) in [6, 6.07) is 6.94. The minimum absolute atomic E-state index is 0.291. The van der Waals surface area contributed by atoms with E-state index in [0.717, 1.165) is 18.4 Å². The summed E-state index contributed by atoms with van der Waals surface area (Å²) >= 11 is 0. The fourth-order valence-electron chi connectivity index (χ4n) is 2.46. The predicted molar refractivity (Wildman–Crippen MR) is 75.4 cm³/mol. The number of rotatable bonds is 4. The summed E-state index contributed by atoms with van der Waals surface area (Å²) in [5.41, 5.74) is 2.40. The number of carboxylic acids is 1. The van der Waals surface area contributed by atoms with E-state index in [-0.39, 0.29) is 6.03 Å². The fourth-order valence-corrected chi connectivity index (χ4v) is 2.46. The van der Waals surface area contributed by atoms with Crippen LogP contribution in [0.3, 0.4) is 0 Å². The summed E-state index contributed by atoms with van der Waals surface area (Å²) in [7, 11) is 0. The Hall–Kier alpha value is -2.04. The van der Waals surface area contributed by atoms with Gasteiger partial charge in [-0.15, -0.1) is 0 Å². The molecule has 0 spiro atoms. The van der Waals surface area contributed by atoms with Crippen molar-refractivity contribution in [2.45, 2.75) is 38.8 Å². The molecule has 1 aromatic carbocycles. The van der Waals surface area contributed by atoms with Gasteiger partial charge < -0.3 is 15.3 Å². The SMILES string of the molecule is CCC[C@@H](NC(=O)N1CCc2ccccc2C1)C(=O)O. The Morgan fingerprint density at radius 1 is 1.35 bits per heavy atom. The maximum atomic E-state index is 12.1. The zero-order chi connectivity index (χ0) is 14.5. The molecule has 0 radical (unpaired) electrons. The van der Waals surface area contributed by atoms with E-state index in [9.17, 15) is 9.59 Å². The molecule has 5 heteroatoms. The van der Waals surface area contributed by atoms with E-state index in [1.165, 1.54) is 5.56 Å². The molecule has 0 aromatic heterocycles. The average Bonchev–Trinajstić information content (AvgIpc) is 2.46. The van der Waals surface area contributed by atoms with Gasteiger partial charge >= 0.3 is 12.0 Å². The van der Waals surface area contributed by atoms with Crippen molar-refractivity contribution in [1.29, 1.82) is 0 Å². The standard InChI is InChI=1S/C15H20N2O3/c1-2-5-13(14(18)19)16-15(20)17-9-8-11-6-3-4-7-12(11)10-17/h3-4,6-7,13H,2,5,8-10H2,1H3,(H,16,20)(H,18,19)/t13-/m1/s1. The summed E-state index contributed by atoms with van der Waals surface area (Å²) in [5.74, 6) is -0.974. The number of nitrogens with zero attached hydrogens (tertiary/aromatic N) is 1. The van der Waals surface area contributed by atoms with Crippen LogP contribution in [0.1, 0.15) is 30.9 Å². The van der Waals surface area contributed by atoms with Crippen LogP contribution in [0, 0.1) is 0 Å². The Kier molecular flexibility index (Phi) is 4.61. The van der Waals surface area contributed by atoms with Gasteiger partial charge in [0.05, 0.1) is 0 Å². The van der Waals surface area contributed by atoms with Crippen molar-refractivity contribution in [1.82, 2.24) is 10.2 Å². The van der Waals surface area contributed by atoms with Crippen molar-refractivity contribution < 1.29 is 14.7 Å². The molecule has 1 aliphatic rings. The fraction of sp³-hybridized carbons (Fsp3) is 0.467. The molecule has 1 aliphatic heterocycles. The first-order valence-electron chi connectivity index (χ1n) is 6.97. The van der Waals surface area contributed by atoms with E-state index >= 15 is 0 Å². The first-order valence-corrected chi connectivity index (χ1v) is 6.97. The lowest BCUT2D eigenvalue weighted by Gasteiger charge is -2.30. The van der Waals surface area contributed by atoms with Crippen LogP contribution in [-0.4, -0.2) is 34.6 Å². The zero-order valence-electron chi connectivity index (χ0n) is 11.6. The molecule has 20 heavy (non-hydrogen) atoms. The van der Waals surface area contributed by atoms with Gasteiger partial charge in [0.15, 0.2) is 0 Å². The van der Waals surface area contributed by atoms with Gasteiger partial charge in [-0.25, -0.2) is 9.59 Å². The molecule has 108 valence electrons. The Labute approximate surface area is 118 Å². The monoisotopic (exact) mass is 276 g/mol. The number of nitrogens with one attached hydrogen (secondary N) is 1. The highest BCUT2D eigenvalue weighted by Crippen LogP contribution is 2.18. The molecular formula is C15H20N2O3. The van der Waals surface area contributed by atoms with Crippen molar-refractivity contribution in [3.8, 4) is 0 Å². The predicted octanol–water partition coefficient (Wildman–Crippen LogP) is 2.01. The minimum atomic E-state index is -0.974. The van der Waals surface area contributed by atoms with Crippen molar-refractivity contribution in [3.05, 3.63) is 35.4 Å². The maximum absolute atomic E-state index is 12.1. The second-order valence-corrected chi connectivity index (χ2v) is 5.07. The van der Waals surface area contributed by atoms with Crippen molar-refractivity contribution in [2.75, 3.05) is 6.54 Å². The molecule has 1 aromatic rings. The van der Waals surface area contributed by atoms with E-state index < -0.39 is 12.0 Å². The number of benzene rings is 1. The number of aliphatic carboxylic acids is 1. The zero-order valence-corrected chi connectivity index (χ0v) is 11.6. The smallest absolute Gasteiger partial charge is 0.326 e. The quantitative estimate of drug-likeness (QED) is 0.883. The average molecular weight is 276 g/mol. The highest BCUT2D eigenvalue weighted by Gasteiger charge is 2.24. The van der Waals surface area contributed by atoms with Crippen molar-refractivity contribution in [3.63, 3.8) is 0 Å². The molecular weight excluding hydrogens is 256 g/mol. The highest BCUT2D eigenvalue weighted by atomic mass is 16.4. The normalized spacial score (nSPS) is 15.3. The molecule has 0 saturated heterocycles. The molecule has 2 rings (SSSR count). The number of fused-ring (bicyclic) bond motifs is 1. The molecule has 0 saturated carbocycles. The maximum Gasteiger partial charge on any atom is 0.326 e. The molecule has 0 unspecified atom stereocenters. The van der Waals surface area contributed by atoms with Crippen LogP contribution >= 0.6 is 0 Å². The van der Waals surface area contributed by atoms with E-state index in [2.05, 4.69) is 11.4 Å². The van der Waals surface area contributed by atoms with Gasteiger partial charge in [-0.2, -0.15) is 0 Å². The lowest BCUT2D eigenvalue weighted by molar-refractivity contribution is -0.139. The van der Waals surface area contributed by atoms with Gasteiger partial charge in [-0.05, 0) is 24.0 Å². The van der Waals surface area contributed by atoms with Gasteiger partial charge in [0.1, 0.15) is 6.04 Å². The van der Waals surface area contributed by atoms with Crippen molar-refractivity contribution in [2.24, 2.45) is 0 Å². The summed E-state index contributed by atoms with van der Waals surface area (Å²) in [6.07, 6.45) is 1.99. The topological polar surface area (TPSA) is 69.6 Å². The van der Waals surface area contributed by atoms with E-state index in [4.69, 9.17) is 5.11 Å². The summed E-state index contributed by atoms with van der Waals surface area (Å²) in [5, 5.41) is 11.7. The largest absolute Gasteiger partial charge is 0.480 e. The van der Waals surface area contributed by atoms with Crippen LogP contribution < -0.4 is 5.32 Å². The molecule has 1 atom stereocenters. The Morgan fingerprint density at radius 2 is 2.05 bits per heavy atom. The molecule has 1 heterocycles. The number of amides is 2. The van der Waals surface area contributed by atoms with Crippen LogP contribution in [0.15, 0.2) is 24.3 Å². The van der Waals surface area contributed by atoms with Gasteiger partial charge in [-0.1, -0.05) is 37.6 Å². The third-order valence-electron chi connectivity index (χ3n) is 3.59. The Balaban J connectivity index is 1.99. The molecule has 2 amide bonds. The summed E-state index contributed by atoms with van der Waals surface area (Å²) in [6.45, 7) is 3.07. The summed E-state index contributed by atoms with van der Waals surface area (Å²) in [4.78, 5) is 24.9. The van der Waals surface area contributed by atoms with E-state index in [1.807, 2.05) is 25.1 Å². The lowest BCUT2D eigenvalue weighted by atomic mass is 10.0. The van der Waals surface area contributed by atoms with Gasteiger partial charge in [-0.3, -0.25) is 0 Å². The van der Waals surface area contributed by atoms with Crippen LogP contribution in [-0.2, 0) is 17.8 Å². The second-order valence-electron chi connectivity index (χ2n) is 5.07. The number of hydrogen-bond acceptors (Lipinski definition) is 2. The molecule has 5 nitrogen and oxygen atoms in total. The Morgan fingerprint density at radius 3 is 2.70 bits per heavy atom. The minimum Gasteiger partial charge on any atom is -0.480 e. The number of carboxylic acid groups (broad SMARTS) is 1. The molecule has 2 N–H and O–H groups in total. The van der Waals surface area contributed by atoms with Crippen LogP contribution in [0.4, 0.5) is 4.79 Å². The second kappa shape index (κ2) is 6.41. The third kappa shape index (κ3) is 3.29. The first-order chi connectivity index (χ1) is 9.61. The van der Waals surface area contributed by atoms with Gasteiger partial charge in [0, 0.05) is 13.1 Å². The highest BCUT2D eigenvalue weighted by molar-refractivity contribution is 5.82. The third-order valence-corrected chi connectivity index (χ3v) is 3.59. The lowest BCUT2D eigenvalue weighted by Crippen LogP contribution is -2.49. The molecule has 0 fully saturated rings. The summed E-state index contributed by atoms with van der Waals surface area (Å²) < 4.78 is 0. The van der Waals surface area contributed by atoms with Gasteiger partial charge in [0.25, 0.3) is 0 Å². The number of carbonyl (C=O) groups excluding carboxylic acids is 1. The van der Waals surface area contributed by atoms with Crippen LogP contribution in [0.25, 0.3) is 0 Å². The van der Waals surface area contributed by atoms with Crippen LogP contribution in [0.2, 0.25) is 0 Å². The number of carbonyl (C=O) groups is 2. The number of hydrogen-bond donors (Lipinski definition) is 2. The Bertz CT molecular complexity index is 502. The van der Waals surface area contributed by atoms with E-state index in [0.29, 0.717) is 19.5 Å². The first kappa shape index (κ1) is 14.4.